The molecule has 0 spiro atoms. The van der Waals surface area contributed by atoms with Crippen LogP contribution in [0.25, 0.3) is 10.9 Å². The van der Waals surface area contributed by atoms with Crippen LogP contribution in [0.3, 0.4) is 0 Å². The third-order valence-electron chi connectivity index (χ3n) is 2.19. The fourth-order valence-electron chi connectivity index (χ4n) is 1.56. The number of nitrogens with zero attached hydrogens (tertiary/aromatic N) is 1. The summed E-state index contributed by atoms with van der Waals surface area (Å²) in [6, 6.07) is 4.36. The second-order valence-electron chi connectivity index (χ2n) is 3.34. The average Bonchev–Trinajstić information content (AvgIpc) is 2.27. The van der Waals surface area contributed by atoms with Crippen LogP contribution in [0, 0.1) is 0 Å². The summed E-state index contributed by atoms with van der Waals surface area (Å²) >= 11 is 0. The molecule has 0 saturated heterocycles. The predicted molar refractivity (Wildman–Crippen MR) is 62.1 cm³/mol. The summed E-state index contributed by atoms with van der Waals surface area (Å²) in [6.07, 6.45) is 1.10. The minimum absolute atomic E-state index is 0.140. The summed E-state index contributed by atoms with van der Waals surface area (Å²) in [5.41, 5.74) is 0.143. The van der Waals surface area contributed by atoms with Gasteiger partial charge in [-0.05, 0) is 12.1 Å². The maximum Gasteiger partial charge on any atom is 0.446 e. The molecular formula is C10H9NO6S. The molecule has 0 aliphatic carbocycles. The van der Waals surface area contributed by atoms with Gasteiger partial charge in [-0.2, -0.15) is 8.42 Å². The highest BCUT2D eigenvalue weighted by atomic mass is 32.3. The van der Waals surface area contributed by atoms with E-state index >= 15 is 0 Å². The Bertz CT molecular complexity index is 697. The SMILES string of the molecule is COc1c(O)cnc2c(OS(=O)(=O)O)cccc12. The van der Waals surface area contributed by atoms with Gasteiger partial charge >= 0.3 is 10.4 Å². The second-order valence-corrected chi connectivity index (χ2v) is 4.36. The van der Waals surface area contributed by atoms with Crippen molar-refractivity contribution in [3.8, 4) is 17.2 Å². The van der Waals surface area contributed by atoms with Crippen molar-refractivity contribution in [2.45, 2.75) is 0 Å². The number of hydrogen-bond acceptors (Lipinski definition) is 6. The van der Waals surface area contributed by atoms with Gasteiger partial charge < -0.3 is 14.0 Å². The van der Waals surface area contributed by atoms with Crippen LogP contribution in [0.5, 0.6) is 17.2 Å². The highest BCUT2D eigenvalue weighted by Crippen LogP contribution is 2.36. The fourth-order valence-corrected chi connectivity index (χ4v) is 1.92. The average molecular weight is 271 g/mol. The molecule has 96 valence electrons. The van der Waals surface area contributed by atoms with Crippen molar-refractivity contribution in [2.24, 2.45) is 0 Å². The normalized spacial score (nSPS) is 11.4. The van der Waals surface area contributed by atoms with Crippen LogP contribution >= 0.6 is 0 Å². The highest BCUT2D eigenvalue weighted by molar-refractivity contribution is 7.81. The lowest BCUT2D eigenvalue weighted by Crippen LogP contribution is -2.07. The van der Waals surface area contributed by atoms with Gasteiger partial charge in [-0.1, -0.05) is 6.07 Å². The van der Waals surface area contributed by atoms with Crippen molar-refractivity contribution in [2.75, 3.05) is 7.11 Å². The van der Waals surface area contributed by atoms with Gasteiger partial charge in [-0.15, -0.1) is 0 Å². The number of aromatic hydroxyl groups is 1. The molecule has 0 aliphatic rings. The lowest BCUT2D eigenvalue weighted by molar-refractivity contribution is 0.376. The quantitative estimate of drug-likeness (QED) is 0.806. The van der Waals surface area contributed by atoms with Gasteiger partial charge in [0.05, 0.1) is 18.7 Å². The summed E-state index contributed by atoms with van der Waals surface area (Å²) < 4.78 is 39.4. The van der Waals surface area contributed by atoms with Crippen LogP contribution in [-0.4, -0.2) is 30.2 Å². The molecule has 0 atom stereocenters. The zero-order valence-corrected chi connectivity index (χ0v) is 10.0. The number of benzene rings is 1. The van der Waals surface area contributed by atoms with E-state index in [1.165, 1.54) is 19.2 Å². The monoisotopic (exact) mass is 271 g/mol. The summed E-state index contributed by atoms with van der Waals surface area (Å²) in [7, 11) is -3.29. The maximum atomic E-state index is 10.7. The van der Waals surface area contributed by atoms with E-state index in [0.717, 1.165) is 6.20 Å². The molecule has 2 rings (SSSR count). The minimum Gasteiger partial charge on any atom is -0.503 e. The number of methoxy groups -OCH3 is 1. The molecule has 0 radical (unpaired) electrons. The van der Waals surface area contributed by atoms with Crippen LogP contribution in [0.4, 0.5) is 0 Å². The standard InChI is InChI=1S/C10H9NO6S/c1-16-10-6-3-2-4-8(17-18(13,14)15)9(6)11-5-7(10)12/h2-5,12H,1H3,(H,13,14,15). The second kappa shape index (κ2) is 4.31. The summed E-state index contributed by atoms with van der Waals surface area (Å²) in [5.74, 6) is -0.205. The summed E-state index contributed by atoms with van der Waals surface area (Å²) in [6.45, 7) is 0. The maximum absolute atomic E-state index is 10.7. The van der Waals surface area contributed by atoms with E-state index in [9.17, 15) is 13.5 Å². The van der Waals surface area contributed by atoms with Gasteiger partial charge in [0.25, 0.3) is 0 Å². The van der Waals surface area contributed by atoms with E-state index < -0.39 is 10.4 Å². The number of fused-ring (bicyclic) bond motifs is 1. The molecule has 2 N–H and O–H groups in total. The zero-order valence-electron chi connectivity index (χ0n) is 9.19. The Morgan fingerprint density at radius 3 is 2.67 bits per heavy atom. The number of aromatic nitrogens is 1. The molecule has 0 bridgehead atoms. The van der Waals surface area contributed by atoms with Crippen molar-refractivity contribution in [3.05, 3.63) is 24.4 Å². The Kier molecular flexibility index (Phi) is 2.97. The number of hydrogen-bond donors (Lipinski definition) is 2. The minimum atomic E-state index is -4.64. The molecule has 1 aromatic heterocycles. The van der Waals surface area contributed by atoms with Crippen LogP contribution in [-0.2, 0) is 10.4 Å². The molecule has 0 fully saturated rings. The molecule has 0 unspecified atom stereocenters. The lowest BCUT2D eigenvalue weighted by atomic mass is 10.2. The van der Waals surface area contributed by atoms with Gasteiger partial charge in [-0.3, -0.25) is 4.55 Å². The van der Waals surface area contributed by atoms with Crippen LogP contribution in [0.15, 0.2) is 24.4 Å². The van der Waals surface area contributed by atoms with Crippen LogP contribution in [0.1, 0.15) is 0 Å². The Labute approximate surface area is 103 Å². The smallest absolute Gasteiger partial charge is 0.446 e. The predicted octanol–water partition coefficient (Wildman–Crippen LogP) is 1.13. The highest BCUT2D eigenvalue weighted by Gasteiger charge is 2.15. The van der Waals surface area contributed by atoms with Crippen molar-refractivity contribution < 1.29 is 27.0 Å². The molecule has 2 aromatic rings. The van der Waals surface area contributed by atoms with E-state index in [4.69, 9.17) is 9.29 Å². The van der Waals surface area contributed by atoms with Crippen LogP contribution in [0.2, 0.25) is 0 Å². The molecule has 1 aromatic carbocycles. The number of rotatable bonds is 3. The van der Waals surface area contributed by atoms with Gasteiger partial charge in [0.1, 0.15) is 5.52 Å². The first-order valence-corrected chi connectivity index (χ1v) is 6.10. The van der Waals surface area contributed by atoms with Gasteiger partial charge in [0.2, 0.25) is 0 Å². The molecule has 1 heterocycles. The number of para-hydroxylation sites is 1. The first kappa shape index (κ1) is 12.4. The third kappa shape index (κ3) is 2.29. The number of ether oxygens (including phenoxy) is 1. The Hall–Kier alpha value is -2.06. The largest absolute Gasteiger partial charge is 0.503 e. The summed E-state index contributed by atoms with van der Waals surface area (Å²) in [5, 5.41) is 9.90. The van der Waals surface area contributed by atoms with E-state index in [0.29, 0.717) is 5.39 Å². The molecule has 0 saturated carbocycles. The van der Waals surface area contributed by atoms with E-state index in [1.54, 1.807) is 6.07 Å². The molecular weight excluding hydrogens is 262 g/mol. The Balaban J connectivity index is 2.71. The molecule has 8 heteroatoms. The van der Waals surface area contributed by atoms with E-state index in [1.807, 2.05) is 0 Å². The Morgan fingerprint density at radius 1 is 1.33 bits per heavy atom. The summed E-state index contributed by atoms with van der Waals surface area (Å²) in [4.78, 5) is 3.84. The zero-order chi connectivity index (χ0) is 13.3. The third-order valence-corrected chi connectivity index (χ3v) is 2.58. The van der Waals surface area contributed by atoms with Gasteiger partial charge in [0, 0.05) is 0 Å². The molecule has 0 amide bonds. The van der Waals surface area contributed by atoms with Crippen molar-refractivity contribution in [1.29, 1.82) is 0 Å². The molecule has 0 aliphatic heterocycles. The topological polar surface area (TPSA) is 106 Å². The van der Waals surface area contributed by atoms with E-state index in [2.05, 4.69) is 9.17 Å². The molecule has 18 heavy (non-hydrogen) atoms. The van der Waals surface area contributed by atoms with E-state index in [-0.39, 0.29) is 22.8 Å². The van der Waals surface area contributed by atoms with Crippen molar-refractivity contribution >= 4 is 21.3 Å². The lowest BCUT2D eigenvalue weighted by Gasteiger charge is -2.09. The van der Waals surface area contributed by atoms with Crippen molar-refractivity contribution in [3.63, 3.8) is 0 Å². The first-order chi connectivity index (χ1) is 8.42. The number of pyridine rings is 1. The molecule has 7 nitrogen and oxygen atoms in total. The fraction of sp³-hybridized carbons (Fsp3) is 0.100. The first-order valence-electron chi connectivity index (χ1n) is 4.74. The van der Waals surface area contributed by atoms with Gasteiger partial charge in [0.15, 0.2) is 17.2 Å². The van der Waals surface area contributed by atoms with Crippen LogP contribution < -0.4 is 8.92 Å². The van der Waals surface area contributed by atoms with Crippen molar-refractivity contribution in [1.82, 2.24) is 4.98 Å². The van der Waals surface area contributed by atoms with Gasteiger partial charge in [-0.25, -0.2) is 4.98 Å². The Morgan fingerprint density at radius 2 is 2.06 bits per heavy atom.